The molecule has 1 saturated heterocycles. The van der Waals surface area contributed by atoms with Gasteiger partial charge in [0.2, 0.25) is 0 Å². The summed E-state index contributed by atoms with van der Waals surface area (Å²) in [4.78, 5) is 19.6. The Morgan fingerprint density at radius 2 is 1.96 bits per heavy atom. The summed E-state index contributed by atoms with van der Waals surface area (Å²) in [5.41, 5.74) is 1.09. The maximum Gasteiger partial charge on any atom is 0.266 e. The van der Waals surface area contributed by atoms with Gasteiger partial charge in [0.25, 0.3) is 5.91 Å². The van der Waals surface area contributed by atoms with Crippen LogP contribution in [0.25, 0.3) is 10.1 Å². The summed E-state index contributed by atoms with van der Waals surface area (Å²) >= 11 is 1.34. The Labute approximate surface area is 149 Å². The highest BCUT2D eigenvalue weighted by atomic mass is 32.1. The standard InChI is InChI=1S/C19H18FN3OS/c20-14-4-6-16-13(10-14)11-17(25-16)19(24)22-18-7-5-15(12-21-18)23-8-2-1-3-9-23/h4-7,10-12H,1-3,8-9H2,(H,21,22,24). The van der Waals surface area contributed by atoms with Gasteiger partial charge in [0.1, 0.15) is 11.6 Å². The van der Waals surface area contributed by atoms with Crippen molar-refractivity contribution in [2.24, 2.45) is 0 Å². The van der Waals surface area contributed by atoms with E-state index in [0.717, 1.165) is 28.9 Å². The van der Waals surface area contributed by atoms with Crippen LogP contribution in [0.5, 0.6) is 0 Å². The molecule has 0 spiro atoms. The summed E-state index contributed by atoms with van der Waals surface area (Å²) in [6.45, 7) is 2.12. The highest BCUT2D eigenvalue weighted by Gasteiger charge is 2.13. The van der Waals surface area contributed by atoms with Crippen LogP contribution in [0.1, 0.15) is 28.9 Å². The molecule has 2 aromatic heterocycles. The number of halogens is 1. The number of carbonyl (C=O) groups is 1. The van der Waals surface area contributed by atoms with Crippen LogP contribution < -0.4 is 10.2 Å². The highest BCUT2D eigenvalue weighted by molar-refractivity contribution is 7.20. The minimum atomic E-state index is -0.299. The van der Waals surface area contributed by atoms with Gasteiger partial charge < -0.3 is 10.2 Å². The third-order valence-corrected chi connectivity index (χ3v) is 5.53. The van der Waals surface area contributed by atoms with Crippen LogP contribution in [0.15, 0.2) is 42.6 Å². The monoisotopic (exact) mass is 355 g/mol. The molecule has 1 aliphatic rings. The zero-order valence-electron chi connectivity index (χ0n) is 13.7. The van der Waals surface area contributed by atoms with Gasteiger partial charge in [-0.15, -0.1) is 11.3 Å². The average molecular weight is 355 g/mol. The molecule has 0 radical (unpaired) electrons. The smallest absolute Gasteiger partial charge is 0.266 e. The molecule has 1 aliphatic heterocycles. The van der Waals surface area contributed by atoms with E-state index in [1.807, 2.05) is 12.1 Å². The van der Waals surface area contributed by atoms with Crippen molar-refractivity contribution in [2.75, 3.05) is 23.3 Å². The molecule has 6 heteroatoms. The number of aromatic nitrogens is 1. The molecule has 25 heavy (non-hydrogen) atoms. The number of benzene rings is 1. The largest absolute Gasteiger partial charge is 0.370 e. The molecule has 4 rings (SSSR count). The van der Waals surface area contributed by atoms with Gasteiger partial charge in [-0.2, -0.15) is 0 Å². The summed E-state index contributed by atoms with van der Waals surface area (Å²) in [5.74, 6) is 0.00135. The van der Waals surface area contributed by atoms with Crippen LogP contribution in [-0.2, 0) is 0 Å². The zero-order valence-corrected chi connectivity index (χ0v) is 14.5. The van der Waals surface area contributed by atoms with Crippen molar-refractivity contribution in [3.05, 3.63) is 53.3 Å². The van der Waals surface area contributed by atoms with Gasteiger partial charge in [-0.1, -0.05) is 0 Å². The van der Waals surface area contributed by atoms with E-state index in [9.17, 15) is 9.18 Å². The lowest BCUT2D eigenvalue weighted by atomic mass is 10.1. The first-order valence-corrected chi connectivity index (χ1v) is 9.22. The number of rotatable bonds is 3. The van der Waals surface area contributed by atoms with E-state index in [-0.39, 0.29) is 11.7 Å². The van der Waals surface area contributed by atoms with Crippen molar-refractivity contribution in [1.82, 2.24) is 4.98 Å². The molecule has 4 nitrogen and oxygen atoms in total. The molecule has 3 aromatic rings. The lowest BCUT2D eigenvalue weighted by Crippen LogP contribution is -2.29. The second kappa shape index (κ2) is 6.80. The van der Waals surface area contributed by atoms with E-state index >= 15 is 0 Å². The summed E-state index contributed by atoms with van der Waals surface area (Å²) in [6.07, 6.45) is 5.52. The second-order valence-corrected chi connectivity index (χ2v) is 7.28. The van der Waals surface area contributed by atoms with E-state index in [0.29, 0.717) is 10.7 Å². The third kappa shape index (κ3) is 3.49. The number of piperidine rings is 1. The van der Waals surface area contributed by atoms with Gasteiger partial charge in [0.05, 0.1) is 16.8 Å². The lowest BCUT2D eigenvalue weighted by molar-refractivity contribution is 0.103. The predicted molar refractivity (Wildman–Crippen MR) is 100 cm³/mol. The van der Waals surface area contributed by atoms with E-state index in [2.05, 4.69) is 15.2 Å². The molecule has 1 aromatic carbocycles. The number of carbonyl (C=O) groups excluding carboxylic acids is 1. The number of fused-ring (bicyclic) bond motifs is 1. The number of nitrogens with zero attached hydrogens (tertiary/aromatic N) is 2. The van der Waals surface area contributed by atoms with Gasteiger partial charge in [0.15, 0.2) is 0 Å². The number of nitrogens with one attached hydrogen (secondary N) is 1. The van der Waals surface area contributed by atoms with E-state index in [4.69, 9.17) is 0 Å². The molecule has 0 aliphatic carbocycles. The molecule has 0 atom stereocenters. The molecule has 1 N–H and O–H groups in total. The maximum absolute atomic E-state index is 13.3. The predicted octanol–water partition coefficient (Wildman–Crippen LogP) is 4.68. The Balaban J connectivity index is 1.47. The molecule has 1 amide bonds. The molecule has 3 heterocycles. The first-order valence-electron chi connectivity index (χ1n) is 8.40. The van der Waals surface area contributed by atoms with Crippen LogP contribution in [0.3, 0.4) is 0 Å². The van der Waals surface area contributed by atoms with E-state index in [1.54, 1.807) is 18.3 Å². The van der Waals surface area contributed by atoms with Crippen molar-refractivity contribution in [3.8, 4) is 0 Å². The number of hydrogen-bond acceptors (Lipinski definition) is 4. The number of thiophene rings is 1. The minimum absolute atomic E-state index is 0.222. The molecule has 0 bridgehead atoms. The van der Waals surface area contributed by atoms with Crippen molar-refractivity contribution < 1.29 is 9.18 Å². The molecular formula is C19H18FN3OS. The summed E-state index contributed by atoms with van der Waals surface area (Å²) in [7, 11) is 0. The van der Waals surface area contributed by atoms with E-state index in [1.165, 1.54) is 42.7 Å². The van der Waals surface area contributed by atoms with Crippen molar-refractivity contribution in [3.63, 3.8) is 0 Å². The molecule has 0 saturated carbocycles. The number of amides is 1. The van der Waals surface area contributed by atoms with Crippen LogP contribution in [-0.4, -0.2) is 24.0 Å². The first-order chi connectivity index (χ1) is 12.2. The topological polar surface area (TPSA) is 45.2 Å². The fraction of sp³-hybridized carbons (Fsp3) is 0.263. The maximum atomic E-state index is 13.3. The summed E-state index contributed by atoms with van der Waals surface area (Å²) in [5, 5.41) is 3.55. The molecule has 128 valence electrons. The average Bonchev–Trinajstić information content (AvgIpc) is 3.06. The van der Waals surface area contributed by atoms with Crippen molar-refractivity contribution in [1.29, 1.82) is 0 Å². The van der Waals surface area contributed by atoms with Gasteiger partial charge in [-0.3, -0.25) is 4.79 Å². The first kappa shape index (κ1) is 16.0. The normalized spacial score (nSPS) is 14.7. The van der Waals surface area contributed by atoms with Crippen LogP contribution in [0.4, 0.5) is 15.9 Å². The van der Waals surface area contributed by atoms with Gasteiger partial charge >= 0.3 is 0 Å². The summed E-state index contributed by atoms with van der Waals surface area (Å²) in [6, 6.07) is 10.1. The van der Waals surface area contributed by atoms with Gasteiger partial charge in [-0.05, 0) is 61.0 Å². The fourth-order valence-corrected chi connectivity index (χ4v) is 4.04. The SMILES string of the molecule is O=C(Nc1ccc(N2CCCCC2)cn1)c1cc2cc(F)ccc2s1. The number of pyridine rings is 1. The molecule has 1 fully saturated rings. The highest BCUT2D eigenvalue weighted by Crippen LogP contribution is 2.27. The Morgan fingerprint density at radius 1 is 1.12 bits per heavy atom. The number of anilines is 2. The number of hydrogen-bond donors (Lipinski definition) is 1. The van der Waals surface area contributed by atoms with Gasteiger partial charge in [0, 0.05) is 17.8 Å². The van der Waals surface area contributed by atoms with E-state index < -0.39 is 0 Å². The van der Waals surface area contributed by atoms with Crippen LogP contribution in [0.2, 0.25) is 0 Å². The Kier molecular flexibility index (Phi) is 4.36. The quantitative estimate of drug-likeness (QED) is 0.742. The molecule has 0 unspecified atom stereocenters. The van der Waals surface area contributed by atoms with Crippen LogP contribution in [0, 0.1) is 5.82 Å². The summed E-state index contributed by atoms with van der Waals surface area (Å²) < 4.78 is 14.2. The Bertz CT molecular complexity index is 901. The van der Waals surface area contributed by atoms with Crippen molar-refractivity contribution >= 4 is 38.8 Å². The Hall–Kier alpha value is -2.47. The van der Waals surface area contributed by atoms with Crippen LogP contribution >= 0.6 is 11.3 Å². The third-order valence-electron chi connectivity index (χ3n) is 4.41. The van der Waals surface area contributed by atoms with Gasteiger partial charge in [-0.25, -0.2) is 9.37 Å². The minimum Gasteiger partial charge on any atom is -0.370 e. The second-order valence-electron chi connectivity index (χ2n) is 6.20. The Morgan fingerprint density at radius 3 is 2.72 bits per heavy atom. The fourth-order valence-electron chi connectivity index (χ4n) is 3.10. The zero-order chi connectivity index (χ0) is 17.2. The lowest BCUT2D eigenvalue weighted by Gasteiger charge is -2.28. The molecular weight excluding hydrogens is 337 g/mol. The van der Waals surface area contributed by atoms with Crippen molar-refractivity contribution in [2.45, 2.75) is 19.3 Å².